The van der Waals surface area contributed by atoms with Crippen LogP contribution in [0.4, 0.5) is 5.69 Å². The Bertz CT molecular complexity index is 981. The highest BCUT2D eigenvalue weighted by atomic mass is 16.5. The van der Waals surface area contributed by atoms with Gasteiger partial charge in [0.15, 0.2) is 0 Å². The lowest BCUT2D eigenvalue weighted by Gasteiger charge is -2.41. The summed E-state index contributed by atoms with van der Waals surface area (Å²) >= 11 is 0. The van der Waals surface area contributed by atoms with Gasteiger partial charge in [0.25, 0.3) is 0 Å². The molecule has 0 radical (unpaired) electrons. The van der Waals surface area contributed by atoms with Crippen LogP contribution in [0.25, 0.3) is 0 Å². The molecule has 2 fully saturated rings. The van der Waals surface area contributed by atoms with Crippen LogP contribution in [0.15, 0.2) is 42.5 Å². The maximum absolute atomic E-state index is 11.0. The summed E-state index contributed by atoms with van der Waals surface area (Å²) in [6, 6.07) is 13.5. The fourth-order valence-corrected chi connectivity index (χ4v) is 5.06. The van der Waals surface area contributed by atoms with E-state index in [4.69, 9.17) is 23.7 Å². The zero-order chi connectivity index (χ0) is 26.8. The molecule has 0 saturated carbocycles. The third-order valence-electron chi connectivity index (χ3n) is 7.35. The first-order valence-electron chi connectivity index (χ1n) is 13.4. The van der Waals surface area contributed by atoms with Gasteiger partial charge in [0, 0.05) is 65.3 Å². The summed E-state index contributed by atoms with van der Waals surface area (Å²) in [5, 5.41) is 28.0. The van der Waals surface area contributed by atoms with E-state index in [2.05, 4.69) is 22.8 Å². The predicted molar refractivity (Wildman–Crippen MR) is 145 cm³/mol. The summed E-state index contributed by atoms with van der Waals surface area (Å²) in [5.41, 5.74) is 1.88. The van der Waals surface area contributed by atoms with Gasteiger partial charge < -0.3 is 44.5 Å². The van der Waals surface area contributed by atoms with Crippen LogP contribution in [-0.4, -0.2) is 88.3 Å². The normalized spacial score (nSPS) is 23.2. The molecule has 0 bridgehead atoms. The quantitative estimate of drug-likeness (QED) is 0.229. The Hall–Kier alpha value is -2.40. The van der Waals surface area contributed by atoms with E-state index in [-0.39, 0.29) is 30.5 Å². The molecule has 2 aromatic rings. The number of rotatable bonds is 13. The van der Waals surface area contributed by atoms with Crippen molar-refractivity contribution in [2.24, 2.45) is 0 Å². The van der Waals surface area contributed by atoms with Crippen LogP contribution < -0.4 is 15.4 Å². The minimum absolute atomic E-state index is 0.0330. The van der Waals surface area contributed by atoms with Crippen LogP contribution >= 0.6 is 0 Å². The third-order valence-corrected chi connectivity index (χ3v) is 7.35. The van der Waals surface area contributed by atoms with Gasteiger partial charge in [0.1, 0.15) is 11.5 Å². The van der Waals surface area contributed by atoms with Crippen LogP contribution in [0, 0.1) is 0 Å². The van der Waals surface area contributed by atoms with Crippen LogP contribution in [-0.2, 0) is 25.6 Å². The molecule has 2 aliphatic heterocycles. The van der Waals surface area contributed by atoms with Crippen LogP contribution in [0.5, 0.6) is 11.5 Å². The van der Waals surface area contributed by atoms with E-state index >= 15 is 0 Å². The lowest BCUT2D eigenvalue weighted by Crippen LogP contribution is -2.52. The molecule has 2 saturated heterocycles. The number of ether oxygens (including phenoxy) is 5. The number of hydrogen-bond acceptors (Lipinski definition) is 9. The summed E-state index contributed by atoms with van der Waals surface area (Å²) in [6.07, 6.45) is 1.66. The molecule has 38 heavy (non-hydrogen) atoms. The lowest BCUT2D eigenvalue weighted by molar-refractivity contribution is -0.137. The van der Waals surface area contributed by atoms with Crippen molar-refractivity contribution < 1.29 is 33.9 Å². The van der Waals surface area contributed by atoms with Crippen molar-refractivity contribution in [1.82, 2.24) is 5.32 Å². The Kier molecular flexibility index (Phi) is 10.6. The lowest BCUT2D eigenvalue weighted by atomic mass is 9.85. The van der Waals surface area contributed by atoms with Crippen molar-refractivity contribution >= 4 is 5.69 Å². The van der Waals surface area contributed by atoms with Gasteiger partial charge in [-0.05, 0) is 41.8 Å². The van der Waals surface area contributed by atoms with Crippen molar-refractivity contribution in [1.29, 1.82) is 0 Å². The van der Waals surface area contributed by atoms with Gasteiger partial charge in [0.05, 0.1) is 43.8 Å². The molecule has 0 aromatic heterocycles. The number of aromatic hydroxyl groups is 1. The molecule has 3 atom stereocenters. The number of hydrogen-bond donors (Lipinski definition) is 4. The van der Waals surface area contributed by atoms with E-state index in [1.165, 1.54) is 0 Å². The van der Waals surface area contributed by atoms with E-state index in [1.54, 1.807) is 20.3 Å². The predicted octanol–water partition coefficient (Wildman–Crippen LogP) is 3.05. The molecule has 0 amide bonds. The Morgan fingerprint density at radius 3 is 2.47 bits per heavy atom. The van der Waals surface area contributed by atoms with E-state index < -0.39 is 5.60 Å². The molecule has 0 spiro atoms. The maximum atomic E-state index is 11.0. The van der Waals surface area contributed by atoms with E-state index in [0.29, 0.717) is 64.6 Å². The van der Waals surface area contributed by atoms with Crippen LogP contribution in [0.2, 0.25) is 0 Å². The number of piperidine rings is 1. The number of methoxy groups -OCH3 is 2. The van der Waals surface area contributed by atoms with Crippen LogP contribution in [0.3, 0.4) is 0 Å². The molecule has 9 nitrogen and oxygen atoms in total. The summed E-state index contributed by atoms with van der Waals surface area (Å²) in [6.45, 7) is 4.45. The minimum Gasteiger partial charge on any atom is -0.506 e. The number of aliphatic hydroxyl groups is 1. The van der Waals surface area contributed by atoms with Crippen molar-refractivity contribution in [2.45, 2.75) is 49.6 Å². The smallest absolute Gasteiger partial charge is 0.138 e. The first-order valence-corrected chi connectivity index (χ1v) is 13.4. The number of nitrogens with one attached hydrogen (secondary N) is 2. The van der Waals surface area contributed by atoms with E-state index in [1.807, 2.05) is 24.3 Å². The number of phenols is 1. The molecule has 2 heterocycles. The summed E-state index contributed by atoms with van der Waals surface area (Å²) in [7, 11) is 3.33. The monoisotopic (exact) mass is 530 g/mol. The molecular formula is C29H42N2O7. The van der Waals surface area contributed by atoms with E-state index in [9.17, 15) is 10.2 Å². The maximum Gasteiger partial charge on any atom is 0.138 e. The van der Waals surface area contributed by atoms with Crippen molar-refractivity contribution in [3.8, 4) is 11.5 Å². The highest BCUT2D eigenvalue weighted by molar-refractivity contribution is 5.57. The summed E-state index contributed by atoms with van der Waals surface area (Å²) in [5.74, 6) is 0.972. The fourth-order valence-electron chi connectivity index (χ4n) is 5.06. The summed E-state index contributed by atoms with van der Waals surface area (Å²) < 4.78 is 28.8. The molecule has 2 aliphatic rings. The Morgan fingerprint density at radius 1 is 1.03 bits per heavy atom. The van der Waals surface area contributed by atoms with Gasteiger partial charge in [-0.1, -0.05) is 18.2 Å². The van der Waals surface area contributed by atoms with Crippen molar-refractivity contribution in [3.05, 3.63) is 53.6 Å². The summed E-state index contributed by atoms with van der Waals surface area (Å²) in [4.78, 5) is 0. The number of anilines is 1. The van der Waals surface area contributed by atoms with Crippen LogP contribution in [0.1, 0.15) is 36.3 Å². The van der Waals surface area contributed by atoms with Gasteiger partial charge in [0.2, 0.25) is 0 Å². The molecule has 4 N–H and O–H groups in total. The molecule has 4 rings (SSSR count). The second-order valence-corrected chi connectivity index (χ2v) is 10.1. The molecule has 210 valence electrons. The number of benzene rings is 2. The Morgan fingerprint density at radius 2 is 1.76 bits per heavy atom. The van der Waals surface area contributed by atoms with Gasteiger partial charge in [-0.15, -0.1) is 0 Å². The SMILES string of the molecule is COCCCNc1cc(CO[C@H]2CNC[C@@H](OCC3(O)CCOCC3)C2c2ccc(OC)cc2)ccc1O. The average Bonchev–Trinajstić information content (AvgIpc) is 2.95. The first kappa shape index (κ1) is 28.6. The molecule has 2 aromatic carbocycles. The Balaban J connectivity index is 1.46. The second-order valence-electron chi connectivity index (χ2n) is 10.1. The topological polar surface area (TPSA) is 111 Å². The van der Waals surface area contributed by atoms with Gasteiger partial charge in [-0.25, -0.2) is 0 Å². The Labute approximate surface area is 225 Å². The van der Waals surface area contributed by atoms with Crippen molar-refractivity contribution in [3.63, 3.8) is 0 Å². The van der Waals surface area contributed by atoms with Crippen molar-refractivity contribution in [2.75, 3.05) is 65.6 Å². The average molecular weight is 531 g/mol. The second kappa shape index (κ2) is 14.1. The van der Waals surface area contributed by atoms with Gasteiger partial charge in [-0.3, -0.25) is 0 Å². The molecule has 1 unspecified atom stereocenters. The first-order chi connectivity index (χ1) is 18.5. The minimum atomic E-state index is -0.866. The zero-order valence-corrected chi connectivity index (χ0v) is 22.5. The third kappa shape index (κ3) is 7.81. The molecule has 9 heteroatoms. The van der Waals surface area contributed by atoms with Gasteiger partial charge in [-0.2, -0.15) is 0 Å². The van der Waals surface area contributed by atoms with E-state index in [0.717, 1.165) is 23.3 Å². The van der Waals surface area contributed by atoms with Gasteiger partial charge >= 0.3 is 0 Å². The zero-order valence-electron chi connectivity index (χ0n) is 22.5. The molecular weight excluding hydrogens is 488 g/mol. The fraction of sp³-hybridized carbons (Fsp3) is 0.586. The highest BCUT2D eigenvalue weighted by Gasteiger charge is 2.38. The largest absolute Gasteiger partial charge is 0.506 e. The highest BCUT2D eigenvalue weighted by Crippen LogP contribution is 2.34. The molecule has 0 aliphatic carbocycles. The standard InChI is InChI=1S/C29H42N2O7/c1-34-13-3-12-31-24-16-21(4-9-25(24)32)19-37-26-17-30-18-27(38-20-29(33)10-14-36-15-11-29)28(26)22-5-7-23(35-2)8-6-22/h4-9,16,26-28,30-33H,3,10-15,17-20H2,1-2H3/t26-,27+,28?/m0/s1. The number of phenolic OH excluding ortho intramolecular Hbond substituents is 1.